The third-order valence-corrected chi connectivity index (χ3v) is 6.17. The minimum atomic E-state index is 0.0281. The van der Waals surface area contributed by atoms with Gasteiger partial charge in [-0.1, -0.05) is 61.7 Å². The molecule has 0 atom stereocenters. The van der Waals surface area contributed by atoms with Crippen LogP contribution in [0.1, 0.15) is 64.2 Å². The predicted octanol–water partition coefficient (Wildman–Crippen LogP) is 5.90. The number of nitrogens with one attached hydrogen (secondary N) is 1. The Balaban J connectivity index is 1.66. The van der Waals surface area contributed by atoms with Crippen LogP contribution in [0.2, 0.25) is 10.0 Å². The molecule has 1 aromatic rings. The summed E-state index contributed by atoms with van der Waals surface area (Å²) in [5.74, 6) is 0.0281. The molecule has 25 heavy (non-hydrogen) atoms. The average molecular weight is 383 g/mol. The minimum absolute atomic E-state index is 0.0281. The van der Waals surface area contributed by atoms with Crippen LogP contribution in [0.5, 0.6) is 0 Å². The Bertz CT molecular complexity index is 563. The lowest BCUT2D eigenvalue weighted by molar-refractivity contribution is -0.119. The zero-order chi connectivity index (χ0) is 17.6. The van der Waals surface area contributed by atoms with Gasteiger partial charge in [0.25, 0.3) is 0 Å². The van der Waals surface area contributed by atoms with E-state index in [9.17, 15) is 4.79 Å². The normalized spacial score (nSPS) is 20.0. The second kappa shape index (κ2) is 9.25. The Kier molecular flexibility index (Phi) is 7.03. The molecule has 0 aliphatic heterocycles. The number of carbonyl (C=O) groups is 1. The SMILES string of the molecule is O=C(CN(C1CCCCC1)C1CCCCC1)Nc1ccc(Cl)cc1Cl. The Morgan fingerprint density at radius 3 is 2.04 bits per heavy atom. The summed E-state index contributed by atoms with van der Waals surface area (Å²) in [4.78, 5) is 15.2. The van der Waals surface area contributed by atoms with Crippen molar-refractivity contribution in [2.75, 3.05) is 11.9 Å². The van der Waals surface area contributed by atoms with Crippen LogP contribution < -0.4 is 5.32 Å². The van der Waals surface area contributed by atoms with Gasteiger partial charge in [0.15, 0.2) is 0 Å². The van der Waals surface area contributed by atoms with E-state index in [4.69, 9.17) is 23.2 Å². The monoisotopic (exact) mass is 382 g/mol. The zero-order valence-electron chi connectivity index (χ0n) is 14.8. The average Bonchev–Trinajstić information content (AvgIpc) is 2.63. The molecule has 2 fully saturated rings. The van der Waals surface area contributed by atoms with E-state index in [0.717, 1.165) is 0 Å². The lowest BCUT2D eigenvalue weighted by Gasteiger charge is -2.41. The Labute approximate surface area is 161 Å². The Hall–Kier alpha value is -0.770. The molecule has 0 spiro atoms. The summed E-state index contributed by atoms with van der Waals surface area (Å²) in [6.45, 7) is 0.467. The summed E-state index contributed by atoms with van der Waals surface area (Å²) in [7, 11) is 0. The first kappa shape index (κ1) is 19.0. The number of rotatable bonds is 5. The number of halogens is 2. The second-order valence-electron chi connectivity index (χ2n) is 7.43. The summed E-state index contributed by atoms with van der Waals surface area (Å²) in [6, 6.07) is 6.31. The van der Waals surface area contributed by atoms with Crippen molar-refractivity contribution in [2.45, 2.75) is 76.3 Å². The van der Waals surface area contributed by atoms with Crippen LogP contribution in [0.15, 0.2) is 18.2 Å². The molecule has 2 aliphatic rings. The van der Waals surface area contributed by atoms with Gasteiger partial charge in [0.2, 0.25) is 5.91 Å². The van der Waals surface area contributed by atoms with Crippen molar-refractivity contribution in [1.82, 2.24) is 4.90 Å². The van der Waals surface area contributed by atoms with Gasteiger partial charge in [-0.3, -0.25) is 9.69 Å². The van der Waals surface area contributed by atoms with E-state index in [2.05, 4.69) is 10.2 Å². The number of anilines is 1. The molecule has 0 saturated heterocycles. The third kappa shape index (κ3) is 5.35. The van der Waals surface area contributed by atoms with Crippen LogP contribution in [0, 0.1) is 0 Å². The highest BCUT2D eigenvalue weighted by Crippen LogP contribution is 2.30. The van der Waals surface area contributed by atoms with Crippen molar-refractivity contribution in [3.8, 4) is 0 Å². The third-order valence-electron chi connectivity index (χ3n) is 5.62. The number of hydrogen-bond acceptors (Lipinski definition) is 2. The fourth-order valence-electron chi connectivity index (χ4n) is 4.33. The molecule has 0 heterocycles. The van der Waals surface area contributed by atoms with Gasteiger partial charge in [-0.05, 0) is 43.9 Å². The largest absolute Gasteiger partial charge is 0.324 e. The van der Waals surface area contributed by atoms with E-state index in [1.807, 2.05) is 0 Å². The lowest BCUT2D eigenvalue weighted by atomic mass is 9.88. The molecule has 0 unspecified atom stereocenters. The summed E-state index contributed by atoms with van der Waals surface area (Å²) >= 11 is 12.1. The van der Waals surface area contributed by atoms with E-state index in [1.165, 1.54) is 64.2 Å². The number of nitrogens with zero attached hydrogens (tertiary/aromatic N) is 1. The maximum absolute atomic E-state index is 12.7. The molecule has 0 radical (unpaired) electrons. The molecule has 138 valence electrons. The van der Waals surface area contributed by atoms with Gasteiger partial charge in [-0.2, -0.15) is 0 Å². The molecule has 3 nitrogen and oxygen atoms in total. The van der Waals surface area contributed by atoms with Crippen LogP contribution in [0.3, 0.4) is 0 Å². The topological polar surface area (TPSA) is 32.3 Å². The Morgan fingerprint density at radius 2 is 1.52 bits per heavy atom. The summed E-state index contributed by atoms with van der Waals surface area (Å²) < 4.78 is 0. The van der Waals surface area contributed by atoms with Crippen molar-refractivity contribution in [2.24, 2.45) is 0 Å². The van der Waals surface area contributed by atoms with Crippen molar-refractivity contribution < 1.29 is 4.79 Å². The van der Waals surface area contributed by atoms with Crippen LogP contribution in [-0.2, 0) is 4.79 Å². The van der Waals surface area contributed by atoms with Gasteiger partial charge in [0.1, 0.15) is 0 Å². The second-order valence-corrected chi connectivity index (χ2v) is 8.27. The minimum Gasteiger partial charge on any atom is -0.324 e. The first-order chi connectivity index (χ1) is 12.1. The molecular formula is C20H28Cl2N2O. The van der Waals surface area contributed by atoms with Gasteiger partial charge in [0.05, 0.1) is 17.3 Å². The van der Waals surface area contributed by atoms with Gasteiger partial charge < -0.3 is 5.32 Å². The summed E-state index contributed by atoms with van der Waals surface area (Å²) in [5.41, 5.74) is 0.642. The van der Waals surface area contributed by atoms with E-state index < -0.39 is 0 Å². The molecule has 1 aromatic carbocycles. The van der Waals surface area contributed by atoms with Crippen LogP contribution >= 0.6 is 23.2 Å². The van der Waals surface area contributed by atoms with E-state index in [-0.39, 0.29) is 5.91 Å². The van der Waals surface area contributed by atoms with Crippen LogP contribution in [-0.4, -0.2) is 29.4 Å². The quantitative estimate of drug-likeness (QED) is 0.687. The van der Waals surface area contributed by atoms with Crippen LogP contribution in [0.25, 0.3) is 0 Å². The molecular weight excluding hydrogens is 355 g/mol. The Morgan fingerprint density at radius 1 is 0.960 bits per heavy atom. The van der Waals surface area contributed by atoms with Crippen molar-refractivity contribution in [1.29, 1.82) is 0 Å². The molecule has 3 rings (SSSR count). The van der Waals surface area contributed by atoms with E-state index in [0.29, 0.717) is 34.4 Å². The number of carbonyl (C=O) groups excluding carboxylic acids is 1. The predicted molar refractivity (Wildman–Crippen MR) is 106 cm³/mol. The first-order valence-electron chi connectivity index (χ1n) is 9.64. The molecule has 5 heteroatoms. The van der Waals surface area contributed by atoms with Crippen LogP contribution in [0.4, 0.5) is 5.69 Å². The van der Waals surface area contributed by atoms with Gasteiger partial charge >= 0.3 is 0 Å². The van der Waals surface area contributed by atoms with Gasteiger partial charge in [-0.25, -0.2) is 0 Å². The van der Waals surface area contributed by atoms with Crippen molar-refractivity contribution >= 4 is 34.8 Å². The molecule has 2 saturated carbocycles. The number of benzene rings is 1. The highest BCUT2D eigenvalue weighted by molar-refractivity contribution is 6.36. The molecule has 1 amide bonds. The molecule has 0 aromatic heterocycles. The smallest absolute Gasteiger partial charge is 0.238 e. The molecule has 1 N–H and O–H groups in total. The maximum atomic E-state index is 12.7. The highest BCUT2D eigenvalue weighted by atomic mass is 35.5. The first-order valence-corrected chi connectivity index (χ1v) is 10.4. The summed E-state index contributed by atoms with van der Waals surface area (Å²) in [6.07, 6.45) is 12.7. The maximum Gasteiger partial charge on any atom is 0.238 e. The fourth-order valence-corrected chi connectivity index (χ4v) is 4.78. The van der Waals surface area contributed by atoms with Gasteiger partial charge in [0, 0.05) is 17.1 Å². The molecule has 0 bridgehead atoms. The lowest BCUT2D eigenvalue weighted by Crippen LogP contribution is -2.48. The van der Waals surface area contributed by atoms with E-state index >= 15 is 0 Å². The molecule has 2 aliphatic carbocycles. The standard InChI is InChI=1S/C20H28Cl2N2O/c21-15-11-12-19(18(22)13-15)23-20(25)14-24(16-7-3-1-4-8-16)17-9-5-2-6-10-17/h11-13,16-17H,1-10,14H2,(H,23,25). The number of hydrogen-bond donors (Lipinski definition) is 1. The number of amides is 1. The zero-order valence-corrected chi connectivity index (χ0v) is 16.3. The van der Waals surface area contributed by atoms with Crippen molar-refractivity contribution in [3.05, 3.63) is 28.2 Å². The highest BCUT2D eigenvalue weighted by Gasteiger charge is 2.30. The van der Waals surface area contributed by atoms with E-state index in [1.54, 1.807) is 18.2 Å². The fraction of sp³-hybridized carbons (Fsp3) is 0.650. The summed E-state index contributed by atoms with van der Waals surface area (Å²) in [5, 5.41) is 4.04. The van der Waals surface area contributed by atoms with Gasteiger partial charge in [-0.15, -0.1) is 0 Å². The van der Waals surface area contributed by atoms with Crippen molar-refractivity contribution in [3.63, 3.8) is 0 Å².